The first-order valence-corrected chi connectivity index (χ1v) is 7.44. The summed E-state index contributed by atoms with van der Waals surface area (Å²) >= 11 is 0. The molecule has 5 nitrogen and oxygen atoms in total. The van der Waals surface area contributed by atoms with Crippen molar-refractivity contribution in [1.29, 1.82) is 5.26 Å². The number of sulfonamides is 1. The Morgan fingerprint density at radius 2 is 1.86 bits per heavy atom. The molecule has 21 heavy (non-hydrogen) atoms. The van der Waals surface area contributed by atoms with E-state index < -0.39 is 15.8 Å². The van der Waals surface area contributed by atoms with Gasteiger partial charge in [0, 0.05) is 5.69 Å². The van der Waals surface area contributed by atoms with Crippen molar-refractivity contribution in [2.45, 2.75) is 11.3 Å². The van der Waals surface area contributed by atoms with Crippen molar-refractivity contribution in [2.24, 2.45) is 0 Å². The van der Waals surface area contributed by atoms with E-state index in [0.29, 0.717) is 5.69 Å². The molecule has 0 radical (unpaired) electrons. The second kappa shape index (κ2) is 5.81. The summed E-state index contributed by atoms with van der Waals surface area (Å²) in [5.74, 6) is -0.604. The maximum absolute atomic E-state index is 13.0. The molecule has 0 aromatic heterocycles. The number of benzene rings is 2. The number of nitrogen functional groups attached to an aromatic ring is 1. The lowest BCUT2D eigenvalue weighted by Gasteiger charge is -2.10. The highest BCUT2D eigenvalue weighted by atomic mass is 32.2. The molecule has 0 aliphatic rings. The molecule has 0 saturated heterocycles. The van der Waals surface area contributed by atoms with Crippen molar-refractivity contribution >= 4 is 21.4 Å². The largest absolute Gasteiger partial charge is 0.398 e. The highest BCUT2D eigenvalue weighted by Gasteiger charge is 2.17. The molecule has 0 saturated carbocycles. The van der Waals surface area contributed by atoms with E-state index in [9.17, 15) is 12.8 Å². The van der Waals surface area contributed by atoms with Gasteiger partial charge in [0.25, 0.3) is 10.0 Å². The van der Waals surface area contributed by atoms with E-state index >= 15 is 0 Å². The van der Waals surface area contributed by atoms with Crippen LogP contribution in [0.5, 0.6) is 0 Å². The number of nitrogens with one attached hydrogen (secondary N) is 1. The third-order valence-electron chi connectivity index (χ3n) is 2.75. The van der Waals surface area contributed by atoms with Gasteiger partial charge in [0.05, 0.1) is 18.2 Å². The average molecular weight is 305 g/mol. The van der Waals surface area contributed by atoms with Crippen LogP contribution in [0.25, 0.3) is 0 Å². The zero-order valence-electron chi connectivity index (χ0n) is 10.9. The molecule has 0 heterocycles. The number of hydrogen-bond acceptors (Lipinski definition) is 4. The predicted molar refractivity (Wildman–Crippen MR) is 77.4 cm³/mol. The van der Waals surface area contributed by atoms with Crippen molar-refractivity contribution in [3.8, 4) is 6.07 Å². The summed E-state index contributed by atoms with van der Waals surface area (Å²) in [4.78, 5) is -0.190. The van der Waals surface area contributed by atoms with Crippen LogP contribution in [0.1, 0.15) is 5.56 Å². The molecule has 0 fully saturated rings. The van der Waals surface area contributed by atoms with E-state index in [1.807, 2.05) is 6.07 Å². The minimum Gasteiger partial charge on any atom is -0.398 e. The minimum atomic E-state index is -3.89. The maximum Gasteiger partial charge on any atom is 0.263 e. The zero-order valence-corrected chi connectivity index (χ0v) is 11.7. The number of anilines is 2. The molecule has 0 atom stereocenters. The lowest BCUT2D eigenvalue weighted by atomic mass is 10.1. The second-order valence-electron chi connectivity index (χ2n) is 4.32. The summed E-state index contributed by atoms with van der Waals surface area (Å²) in [6, 6.07) is 11.5. The van der Waals surface area contributed by atoms with Crippen LogP contribution in [0.2, 0.25) is 0 Å². The molecule has 0 unspecified atom stereocenters. The van der Waals surface area contributed by atoms with Crippen LogP contribution < -0.4 is 10.5 Å². The smallest absolute Gasteiger partial charge is 0.263 e. The van der Waals surface area contributed by atoms with E-state index in [0.717, 1.165) is 23.8 Å². The van der Waals surface area contributed by atoms with Gasteiger partial charge in [-0.1, -0.05) is 12.1 Å². The van der Waals surface area contributed by atoms with Crippen LogP contribution >= 0.6 is 0 Å². The molecule has 2 rings (SSSR count). The van der Waals surface area contributed by atoms with E-state index in [1.165, 1.54) is 0 Å². The number of rotatable bonds is 4. The quantitative estimate of drug-likeness (QED) is 0.847. The first-order valence-electron chi connectivity index (χ1n) is 5.96. The fraction of sp³-hybridized carbons (Fsp3) is 0.0714. The van der Waals surface area contributed by atoms with Crippen LogP contribution in [0, 0.1) is 17.1 Å². The fourth-order valence-electron chi connectivity index (χ4n) is 1.76. The Bertz CT molecular complexity index is 796. The number of nitrogens with two attached hydrogens (primary N) is 1. The number of halogens is 1. The summed E-state index contributed by atoms with van der Waals surface area (Å²) in [6.07, 6.45) is 0.248. The van der Waals surface area contributed by atoms with Crippen molar-refractivity contribution < 1.29 is 12.8 Å². The molecule has 2 aromatic rings. The lowest BCUT2D eigenvalue weighted by molar-refractivity contribution is 0.600. The summed E-state index contributed by atoms with van der Waals surface area (Å²) in [7, 11) is -3.89. The normalized spacial score (nSPS) is 10.9. The molecule has 0 aliphatic heterocycles. The Kier molecular flexibility index (Phi) is 4.10. The summed E-state index contributed by atoms with van der Waals surface area (Å²) in [5.41, 5.74) is 6.48. The van der Waals surface area contributed by atoms with Gasteiger partial charge in [-0.05, 0) is 35.9 Å². The molecule has 0 amide bonds. The van der Waals surface area contributed by atoms with Crippen molar-refractivity contribution in [1.82, 2.24) is 0 Å². The first-order chi connectivity index (χ1) is 9.92. The summed E-state index contributed by atoms with van der Waals surface area (Å²) < 4.78 is 39.7. The summed E-state index contributed by atoms with van der Waals surface area (Å²) in [6.45, 7) is 0. The van der Waals surface area contributed by atoms with Gasteiger partial charge in [-0.2, -0.15) is 5.26 Å². The van der Waals surface area contributed by atoms with Crippen LogP contribution in [-0.4, -0.2) is 8.42 Å². The standard InChI is InChI=1S/C14H12FN3O2S/c15-11-3-6-14(13(17)9-11)21(19,20)18-12-4-1-10(2-5-12)7-8-16/h1-6,9,18H,7,17H2. The Hall–Kier alpha value is -2.59. The van der Waals surface area contributed by atoms with E-state index in [1.54, 1.807) is 24.3 Å². The molecule has 3 N–H and O–H groups in total. The summed E-state index contributed by atoms with van der Waals surface area (Å²) in [5, 5.41) is 8.57. The first kappa shape index (κ1) is 14.8. The monoisotopic (exact) mass is 305 g/mol. The molecule has 0 aliphatic carbocycles. The molecule has 0 spiro atoms. The Morgan fingerprint density at radius 3 is 2.43 bits per heavy atom. The van der Waals surface area contributed by atoms with Crippen LogP contribution in [0.15, 0.2) is 47.4 Å². The topological polar surface area (TPSA) is 96.0 Å². The highest BCUT2D eigenvalue weighted by molar-refractivity contribution is 7.92. The SMILES string of the molecule is N#CCc1ccc(NS(=O)(=O)c2ccc(F)cc2N)cc1. The van der Waals surface area contributed by atoms with Crippen molar-refractivity contribution in [3.05, 3.63) is 53.8 Å². The molecular formula is C14H12FN3O2S. The van der Waals surface area contributed by atoms with E-state index in [-0.39, 0.29) is 17.0 Å². The average Bonchev–Trinajstić information content (AvgIpc) is 2.40. The fourth-order valence-corrected chi connectivity index (χ4v) is 2.93. The second-order valence-corrected chi connectivity index (χ2v) is 5.97. The zero-order chi connectivity index (χ0) is 15.5. The minimum absolute atomic E-state index is 0.163. The van der Waals surface area contributed by atoms with Gasteiger partial charge in [0.2, 0.25) is 0 Å². The van der Waals surface area contributed by atoms with Crippen LogP contribution in [-0.2, 0) is 16.4 Å². The van der Waals surface area contributed by atoms with Gasteiger partial charge >= 0.3 is 0 Å². The van der Waals surface area contributed by atoms with Gasteiger partial charge in [-0.3, -0.25) is 4.72 Å². The Balaban J connectivity index is 2.27. The van der Waals surface area contributed by atoms with Crippen molar-refractivity contribution in [3.63, 3.8) is 0 Å². The molecule has 108 valence electrons. The van der Waals surface area contributed by atoms with E-state index in [4.69, 9.17) is 11.0 Å². The van der Waals surface area contributed by atoms with E-state index in [2.05, 4.69) is 4.72 Å². The Morgan fingerprint density at radius 1 is 1.19 bits per heavy atom. The lowest BCUT2D eigenvalue weighted by Crippen LogP contribution is -2.15. The van der Waals surface area contributed by atoms with Gasteiger partial charge in [0.15, 0.2) is 0 Å². The molecule has 2 aromatic carbocycles. The maximum atomic E-state index is 13.0. The highest BCUT2D eigenvalue weighted by Crippen LogP contribution is 2.22. The van der Waals surface area contributed by atoms with Gasteiger partial charge in [-0.15, -0.1) is 0 Å². The van der Waals surface area contributed by atoms with Gasteiger partial charge in [0.1, 0.15) is 10.7 Å². The van der Waals surface area contributed by atoms with Gasteiger partial charge in [-0.25, -0.2) is 12.8 Å². The molecular weight excluding hydrogens is 293 g/mol. The molecule has 0 bridgehead atoms. The van der Waals surface area contributed by atoms with Gasteiger partial charge < -0.3 is 5.73 Å². The number of hydrogen-bond donors (Lipinski definition) is 2. The Labute approximate surface area is 121 Å². The number of nitriles is 1. The molecule has 7 heteroatoms. The third kappa shape index (κ3) is 3.49. The van der Waals surface area contributed by atoms with Crippen LogP contribution in [0.3, 0.4) is 0 Å². The van der Waals surface area contributed by atoms with Crippen molar-refractivity contribution in [2.75, 3.05) is 10.5 Å². The van der Waals surface area contributed by atoms with Crippen LogP contribution in [0.4, 0.5) is 15.8 Å². The third-order valence-corrected chi connectivity index (χ3v) is 4.21. The predicted octanol–water partition coefficient (Wildman–Crippen LogP) is 2.27. The number of nitrogens with zero attached hydrogens (tertiary/aromatic N) is 1.